The molecule has 5 heteroatoms. The number of hydrogen-bond donors (Lipinski definition) is 3. The summed E-state index contributed by atoms with van der Waals surface area (Å²) in [6.45, 7) is 7.79. The quantitative estimate of drug-likeness (QED) is 0.603. The van der Waals surface area contributed by atoms with Crippen molar-refractivity contribution in [1.29, 1.82) is 0 Å². The van der Waals surface area contributed by atoms with Crippen molar-refractivity contribution in [3.8, 4) is 0 Å². The van der Waals surface area contributed by atoms with Crippen molar-refractivity contribution in [3.63, 3.8) is 0 Å². The molecule has 3 atom stereocenters. The van der Waals surface area contributed by atoms with E-state index in [0.29, 0.717) is 12.8 Å². The fourth-order valence-corrected chi connectivity index (χ4v) is 2.85. The molecule has 0 bridgehead atoms. The van der Waals surface area contributed by atoms with Gasteiger partial charge in [0.15, 0.2) is 5.78 Å². The van der Waals surface area contributed by atoms with Crippen LogP contribution >= 0.6 is 0 Å². The van der Waals surface area contributed by atoms with E-state index >= 15 is 0 Å². The van der Waals surface area contributed by atoms with Gasteiger partial charge in [0.1, 0.15) is 6.10 Å². The van der Waals surface area contributed by atoms with E-state index in [2.05, 4.69) is 5.32 Å². The van der Waals surface area contributed by atoms with E-state index in [1.807, 2.05) is 58.0 Å². The zero-order valence-electron chi connectivity index (χ0n) is 15.7. The van der Waals surface area contributed by atoms with Crippen LogP contribution < -0.4 is 11.1 Å². The van der Waals surface area contributed by atoms with Gasteiger partial charge in [-0.05, 0) is 38.2 Å². The summed E-state index contributed by atoms with van der Waals surface area (Å²) in [5.41, 5.74) is 6.98. The Balaban J connectivity index is 2.68. The Morgan fingerprint density at radius 2 is 1.72 bits per heavy atom. The van der Waals surface area contributed by atoms with Crippen molar-refractivity contribution >= 4 is 11.7 Å². The predicted octanol–water partition coefficient (Wildman–Crippen LogP) is 2.06. The number of carbonyl (C=O) groups is 2. The van der Waals surface area contributed by atoms with Crippen LogP contribution in [0.5, 0.6) is 0 Å². The zero-order chi connectivity index (χ0) is 19.0. The minimum Gasteiger partial charge on any atom is -0.384 e. The molecule has 25 heavy (non-hydrogen) atoms. The lowest BCUT2D eigenvalue weighted by atomic mass is 9.88. The van der Waals surface area contributed by atoms with Crippen molar-refractivity contribution < 1.29 is 14.7 Å². The van der Waals surface area contributed by atoms with Crippen LogP contribution in [0.1, 0.15) is 46.1 Å². The molecule has 0 fully saturated rings. The summed E-state index contributed by atoms with van der Waals surface area (Å²) in [5.74, 6) is -0.659. The van der Waals surface area contributed by atoms with E-state index in [1.54, 1.807) is 0 Å². The summed E-state index contributed by atoms with van der Waals surface area (Å²) in [4.78, 5) is 24.8. The molecule has 0 aromatic heterocycles. The lowest BCUT2D eigenvalue weighted by molar-refractivity contribution is -0.134. The second-order valence-corrected chi connectivity index (χ2v) is 7.46. The molecular formula is C20H32N2O3. The number of benzene rings is 1. The molecule has 0 saturated heterocycles. The third-order valence-electron chi connectivity index (χ3n) is 4.05. The van der Waals surface area contributed by atoms with Crippen molar-refractivity contribution in [1.82, 2.24) is 5.32 Å². The molecule has 0 aliphatic rings. The van der Waals surface area contributed by atoms with Crippen LogP contribution in [0.4, 0.5) is 0 Å². The number of aliphatic hydroxyl groups is 1. The molecule has 1 amide bonds. The Morgan fingerprint density at radius 3 is 2.24 bits per heavy atom. The summed E-state index contributed by atoms with van der Waals surface area (Å²) in [6.07, 6.45) is -0.228. The first-order chi connectivity index (χ1) is 11.7. The van der Waals surface area contributed by atoms with Gasteiger partial charge in [-0.15, -0.1) is 0 Å². The van der Waals surface area contributed by atoms with Gasteiger partial charge in [0.2, 0.25) is 5.91 Å². The van der Waals surface area contributed by atoms with Crippen LogP contribution in [0, 0.1) is 11.8 Å². The Kier molecular flexibility index (Phi) is 8.79. The second kappa shape index (κ2) is 10.3. The molecule has 0 heterocycles. The number of ketones is 1. The number of nitrogens with two attached hydrogens (primary N) is 1. The first kappa shape index (κ1) is 21.3. The van der Waals surface area contributed by atoms with Crippen LogP contribution in [0.25, 0.3) is 0 Å². The van der Waals surface area contributed by atoms with Crippen LogP contribution in [-0.4, -0.2) is 35.0 Å². The standard InChI is InChI=1S/C20H32N2O3/c1-13(2)10-16(20(25)22-14(3)4)12-18(23)19(24)17(21)11-15-8-6-5-7-9-15/h5-9,13-14,16-17,19,24H,10-12,21H2,1-4H3,(H,22,25)/t16?,17-,19+/m1/s1. The molecule has 5 nitrogen and oxygen atoms in total. The normalized spacial score (nSPS) is 15.0. The average molecular weight is 348 g/mol. The maximum absolute atomic E-state index is 12.4. The molecule has 140 valence electrons. The number of carbonyl (C=O) groups excluding carboxylic acids is 2. The van der Waals surface area contributed by atoms with Gasteiger partial charge in [0, 0.05) is 24.4 Å². The molecular weight excluding hydrogens is 316 g/mol. The lowest BCUT2D eigenvalue weighted by Gasteiger charge is -2.23. The van der Waals surface area contributed by atoms with Crippen molar-refractivity contribution in [3.05, 3.63) is 35.9 Å². The summed E-state index contributed by atoms with van der Waals surface area (Å²) < 4.78 is 0. The molecule has 1 aromatic rings. The predicted molar refractivity (Wildman–Crippen MR) is 100.0 cm³/mol. The number of rotatable bonds is 10. The molecule has 0 aliphatic carbocycles. The average Bonchev–Trinajstić information content (AvgIpc) is 2.53. The van der Waals surface area contributed by atoms with E-state index < -0.39 is 18.1 Å². The van der Waals surface area contributed by atoms with E-state index in [4.69, 9.17) is 5.73 Å². The molecule has 0 radical (unpaired) electrons. The van der Waals surface area contributed by atoms with Crippen LogP contribution in [-0.2, 0) is 16.0 Å². The smallest absolute Gasteiger partial charge is 0.223 e. The molecule has 1 aromatic carbocycles. The Hall–Kier alpha value is -1.72. The largest absolute Gasteiger partial charge is 0.384 e. The fourth-order valence-electron chi connectivity index (χ4n) is 2.85. The molecule has 1 unspecified atom stereocenters. The van der Waals surface area contributed by atoms with Crippen molar-refractivity contribution in [2.75, 3.05) is 0 Å². The first-order valence-electron chi connectivity index (χ1n) is 9.01. The molecule has 4 N–H and O–H groups in total. The number of aliphatic hydroxyl groups excluding tert-OH is 1. The number of Topliss-reactive ketones (excluding diaryl/α,β-unsaturated/α-hetero) is 1. The van der Waals surface area contributed by atoms with E-state index in [1.165, 1.54) is 0 Å². The molecule has 0 saturated carbocycles. The lowest BCUT2D eigenvalue weighted by Crippen LogP contribution is -2.44. The summed E-state index contributed by atoms with van der Waals surface area (Å²) in [5, 5.41) is 13.1. The van der Waals surface area contributed by atoms with E-state index in [-0.39, 0.29) is 30.1 Å². The Morgan fingerprint density at radius 1 is 1.12 bits per heavy atom. The SMILES string of the molecule is CC(C)CC(CC(=O)[C@@H](O)[C@H](N)Cc1ccccc1)C(=O)NC(C)C. The molecule has 0 spiro atoms. The van der Waals surface area contributed by atoms with E-state index in [0.717, 1.165) is 5.56 Å². The third-order valence-corrected chi connectivity index (χ3v) is 4.05. The number of nitrogens with one attached hydrogen (secondary N) is 1. The minimum atomic E-state index is -1.26. The van der Waals surface area contributed by atoms with E-state index in [9.17, 15) is 14.7 Å². The molecule has 0 aliphatic heterocycles. The van der Waals surface area contributed by atoms with Gasteiger partial charge < -0.3 is 16.2 Å². The highest BCUT2D eigenvalue weighted by atomic mass is 16.3. The van der Waals surface area contributed by atoms with Gasteiger partial charge in [-0.25, -0.2) is 0 Å². The highest BCUT2D eigenvalue weighted by Gasteiger charge is 2.29. The van der Waals surface area contributed by atoms with Gasteiger partial charge in [-0.3, -0.25) is 9.59 Å². The first-order valence-corrected chi connectivity index (χ1v) is 9.01. The third kappa shape index (κ3) is 7.80. The van der Waals surface area contributed by atoms with Crippen molar-refractivity contribution in [2.24, 2.45) is 17.6 Å². The highest BCUT2D eigenvalue weighted by molar-refractivity contribution is 5.89. The Labute approximate surface area is 151 Å². The maximum Gasteiger partial charge on any atom is 0.223 e. The second-order valence-electron chi connectivity index (χ2n) is 7.46. The summed E-state index contributed by atoms with van der Waals surface area (Å²) in [7, 11) is 0. The van der Waals surface area contributed by atoms with Crippen LogP contribution in [0.2, 0.25) is 0 Å². The van der Waals surface area contributed by atoms with Crippen molar-refractivity contribution in [2.45, 2.75) is 65.1 Å². The minimum absolute atomic E-state index is 0.0143. The fraction of sp³-hybridized carbons (Fsp3) is 0.600. The van der Waals surface area contributed by atoms with Crippen LogP contribution in [0.3, 0.4) is 0 Å². The Bertz CT molecular complexity index is 543. The van der Waals surface area contributed by atoms with Gasteiger partial charge >= 0.3 is 0 Å². The number of amides is 1. The van der Waals surface area contributed by atoms with Gasteiger partial charge in [-0.1, -0.05) is 44.2 Å². The zero-order valence-corrected chi connectivity index (χ0v) is 15.7. The van der Waals surface area contributed by atoms with Gasteiger partial charge in [-0.2, -0.15) is 0 Å². The maximum atomic E-state index is 12.4. The summed E-state index contributed by atoms with van der Waals surface area (Å²) in [6, 6.07) is 8.85. The summed E-state index contributed by atoms with van der Waals surface area (Å²) >= 11 is 0. The molecule has 1 rings (SSSR count). The number of hydrogen-bond acceptors (Lipinski definition) is 4. The monoisotopic (exact) mass is 348 g/mol. The van der Waals surface area contributed by atoms with Gasteiger partial charge in [0.05, 0.1) is 0 Å². The van der Waals surface area contributed by atoms with Crippen LogP contribution in [0.15, 0.2) is 30.3 Å². The topological polar surface area (TPSA) is 92.4 Å². The highest BCUT2D eigenvalue weighted by Crippen LogP contribution is 2.18. The van der Waals surface area contributed by atoms with Gasteiger partial charge in [0.25, 0.3) is 0 Å².